The molecule has 0 aliphatic carbocycles. The van der Waals surface area contributed by atoms with Gasteiger partial charge in [-0.1, -0.05) is 29.3 Å². The van der Waals surface area contributed by atoms with Crippen LogP contribution in [0.25, 0.3) is 0 Å². The number of hydrogen-bond acceptors (Lipinski definition) is 1. The molecule has 1 aliphatic rings. The van der Waals surface area contributed by atoms with Crippen LogP contribution < -0.4 is 0 Å². The van der Waals surface area contributed by atoms with Gasteiger partial charge >= 0.3 is 0 Å². The highest BCUT2D eigenvalue weighted by molar-refractivity contribution is 6.42. The lowest BCUT2D eigenvalue weighted by Crippen LogP contribution is -2.28. The highest BCUT2D eigenvalue weighted by Crippen LogP contribution is 2.31. The summed E-state index contributed by atoms with van der Waals surface area (Å²) in [5.74, 6) is -3.94. The molecule has 2 aromatic rings. The fourth-order valence-corrected chi connectivity index (χ4v) is 2.94. The van der Waals surface area contributed by atoms with Crippen molar-refractivity contribution in [3.63, 3.8) is 0 Å². The van der Waals surface area contributed by atoms with Crippen LogP contribution in [-0.2, 0) is 0 Å². The van der Waals surface area contributed by atoms with Crippen molar-refractivity contribution in [3.05, 3.63) is 74.9 Å². The van der Waals surface area contributed by atoms with Crippen LogP contribution in [0.2, 0.25) is 10.0 Å². The van der Waals surface area contributed by atoms with Crippen molar-refractivity contribution in [1.29, 1.82) is 0 Å². The maximum absolute atomic E-state index is 13.3. The molecule has 1 amide bonds. The van der Waals surface area contributed by atoms with Gasteiger partial charge in [0.2, 0.25) is 0 Å². The molecule has 0 atom stereocenters. The Morgan fingerprint density at radius 3 is 2.29 bits per heavy atom. The third-order valence-corrected chi connectivity index (χ3v) is 4.65. The standard InChI is InChI=1S/C17H11Cl2F3NO/c18-12-2-1-9(5-13(12)19)10-3-4-23(8-10)17(24)11-6-14(20)16(22)15(21)7-11/h1-2,5-7H,3-4,8H2. The van der Waals surface area contributed by atoms with Gasteiger partial charge in [0, 0.05) is 24.6 Å². The predicted octanol–water partition coefficient (Wildman–Crippen LogP) is 4.88. The molecule has 24 heavy (non-hydrogen) atoms. The number of carbonyl (C=O) groups is 1. The first-order valence-corrected chi connectivity index (χ1v) is 7.86. The summed E-state index contributed by atoms with van der Waals surface area (Å²) in [6.45, 7) is 0.701. The van der Waals surface area contributed by atoms with Gasteiger partial charge in [-0.3, -0.25) is 4.79 Å². The van der Waals surface area contributed by atoms with Crippen LogP contribution in [0.15, 0.2) is 30.3 Å². The molecule has 125 valence electrons. The van der Waals surface area contributed by atoms with Gasteiger partial charge in [0.25, 0.3) is 5.91 Å². The number of amides is 1. The minimum atomic E-state index is -1.59. The molecule has 1 saturated heterocycles. The van der Waals surface area contributed by atoms with Gasteiger partial charge in [-0.15, -0.1) is 0 Å². The fraction of sp³-hybridized carbons (Fsp3) is 0.176. The van der Waals surface area contributed by atoms with E-state index in [2.05, 4.69) is 0 Å². The first kappa shape index (κ1) is 17.1. The van der Waals surface area contributed by atoms with Crippen molar-refractivity contribution < 1.29 is 18.0 Å². The Labute approximate surface area is 146 Å². The molecular weight excluding hydrogens is 362 g/mol. The number of hydrogen-bond donors (Lipinski definition) is 0. The van der Waals surface area contributed by atoms with E-state index >= 15 is 0 Å². The van der Waals surface area contributed by atoms with Crippen molar-refractivity contribution in [2.75, 3.05) is 13.1 Å². The number of benzene rings is 2. The lowest BCUT2D eigenvalue weighted by molar-refractivity contribution is 0.0793. The van der Waals surface area contributed by atoms with Crippen LogP contribution in [0.4, 0.5) is 13.2 Å². The van der Waals surface area contributed by atoms with E-state index in [4.69, 9.17) is 23.2 Å². The van der Waals surface area contributed by atoms with Crippen molar-refractivity contribution in [2.24, 2.45) is 0 Å². The van der Waals surface area contributed by atoms with E-state index in [0.717, 1.165) is 11.5 Å². The quantitative estimate of drug-likeness (QED) is 0.688. The first-order chi connectivity index (χ1) is 11.4. The summed E-state index contributed by atoms with van der Waals surface area (Å²) in [6.07, 6.45) is 0.607. The molecule has 0 bridgehead atoms. The maximum atomic E-state index is 13.3. The Kier molecular flexibility index (Phi) is 4.74. The van der Waals surface area contributed by atoms with Gasteiger partial charge in [-0.05, 0) is 36.2 Å². The van der Waals surface area contributed by atoms with Gasteiger partial charge in [0.05, 0.1) is 10.0 Å². The molecule has 0 spiro atoms. The summed E-state index contributed by atoms with van der Waals surface area (Å²) in [5.41, 5.74) is 0.637. The zero-order valence-electron chi connectivity index (χ0n) is 12.3. The van der Waals surface area contributed by atoms with Crippen LogP contribution >= 0.6 is 23.2 Å². The van der Waals surface area contributed by atoms with Gasteiger partial charge in [0.1, 0.15) is 0 Å². The Bertz CT molecular complexity index is 789. The lowest BCUT2D eigenvalue weighted by atomic mass is 9.99. The van der Waals surface area contributed by atoms with E-state index < -0.39 is 23.4 Å². The van der Waals surface area contributed by atoms with Gasteiger partial charge in [-0.2, -0.15) is 0 Å². The third kappa shape index (κ3) is 3.23. The molecule has 0 N–H and O–H groups in total. The molecule has 0 unspecified atom stereocenters. The van der Waals surface area contributed by atoms with E-state index in [1.165, 1.54) is 4.90 Å². The number of nitrogens with zero attached hydrogens (tertiary/aromatic N) is 1. The zero-order valence-corrected chi connectivity index (χ0v) is 13.8. The molecule has 2 aromatic carbocycles. The second-order valence-corrected chi connectivity index (χ2v) is 6.28. The Balaban J connectivity index is 1.77. The molecule has 1 radical (unpaired) electrons. The Hall–Kier alpha value is -1.72. The van der Waals surface area contributed by atoms with Gasteiger partial charge in [-0.25, -0.2) is 13.2 Å². The SMILES string of the molecule is O=C(c1cc(F)c(F)c(F)c1)N1CC[C](c2ccc(Cl)c(Cl)c2)C1. The first-order valence-electron chi connectivity index (χ1n) is 7.10. The summed E-state index contributed by atoms with van der Waals surface area (Å²) in [4.78, 5) is 13.8. The number of halogens is 5. The average Bonchev–Trinajstić information content (AvgIpc) is 3.04. The number of likely N-dealkylation sites (tertiary alicyclic amines) is 1. The molecule has 1 fully saturated rings. The second-order valence-electron chi connectivity index (χ2n) is 5.46. The predicted molar refractivity (Wildman–Crippen MR) is 85.6 cm³/mol. The van der Waals surface area contributed by atoms with E-state index in [-0.39, 0.29) is 5.56 Å². The summed E-state index contributed by atoms with van der Waals surface area (Å²) in [5, 5.41) is 0.846. The van der Waals surface area contributed by atoms with Crippen molar-refractivity contribution in [1.82, 2.24) is 4.90 Å². The smallest absolute Gasteiger partial charge is 0.254 e. The van der Waals surface area contributed by atoms with Crippen LogP contribution in [0.3, 0.4) is 0 Å². The fourth-order valence-electron chi connectivity index (χ4n) is 2.65. The summed E-state index contributed by atoms with van der Waals surface area (Å²) in [6, 6.07) is 6.59. The Morgan fingerprint density at radius 2 is 1.67 bits per heavy atom. The lowest BCUT2D eigenvalue weighted by Gasteiger charge is -2.17. The molecule has 1 aliphatic heterocycles. The van der Waals surface area contributed by atoms with Crippen molar-refractivity contribution in [2.45, 2.75) is 6.42 Å². The highest BCUT2D eigenvalue weighted by atomic mass is 35.5. The van der Waals surface area contributed by atoms with Crippen LogP contribution in [0, 0.1) is 23.4 Å². The van der Waals surface area contributed by atoms with E-state index in [1.807, 2.05) is 0 Å². The topological polar surface area (TPSA) is 20.3 Å². The maximum Gasteiger partial charge on any atom is 0.254 e. The molecule has 0 aromatic heterocycles. The minimum absolute atomic E-state index is 0.221. The summed E-state index contributed by atoms with van der Waals surface area (Å²) in [7, 11) is 0. The third-order valence-electron chi connectivity index (χ3n) is 3.91. The van der Waals surface area contributed by atoms with E-state index in [0.29, 0.717) is 41.7 Å². The Morgan fingerprint density at radius 1 is 1.00 bits per heavy atom. The molecule has 7 heteroatoms. The van der Waals surface area contributed by atoms with Crippen LogP contribution in [-0.4, -0.2) is 23.9 Å². The summed E-state index contributed by atoms with van der Waals surface area (Å²) >= 11 is 11.9. The van der Waals surface area contributed by atoms with E-state index in [1.54, 1.807) is 18.2 Å². The minimum Gasteiger partial charge on any atom is -0.338 e. The number of rotatable bonds is 2. The van der Waals surface area contributed by atoms with Gasteiger partial charge in [0.15, 0.2) is 17.5 Å². The second kappa shape index (κ2) is 6.65. The van der Waals surface area contributed by atoms with Crippen LogP contribution in [0.1, 0.15) is 22.3 Å². The van der Waals surface area contributed by atoms with Crippen LogP contribution in [0.5, 0.6) is 0 Å². The monoisotopic (exact) mass is 372 g/mol. The molecule has 1 heterocycles. The normalized spacial score (nSPS) is 15.1. The zero-order chi connectivity index (χ0) is 17.4. The van der Waals surface area contributed by atoms with E-state index in [9.17, 15) is 18.0 Å². The average molecular weight is 373 g/mol. The van der Waals surface area contributed by atoms with Gasteiger partial charge < -0.3 is 4.90 Å². The van der Waals surface area contributed by atoms with Crippen molar-refractivity contribution in [3.8, 4) is 0 Å². The largest absolute Gasteiger partial charge is 0.338 e. The summed E-state index contributed by atoms with van der Waals surface area (Å²) < 4.78 is 39.6. The van der Waals surface area contributed by atoms with Crippen molar-refractivity contribution >= 4 is 29.1 Å². The molecule has 0 saturated carbocycles. The molecule has 3 rings (SSSR count). The number of carbonyl (C=O) groups excluding carboxylic acids is 1. The highest BCUT2D eigenvalue weighted by Gasteiger charge is 2.29. The molecule has 2 nitrogen and oxygen atoms in total. The molecular formula is C17H11Cl2F3NO.